The van der Waals surface area contributed by atoms with E-state index in [2.05, 4.69) is 34.3 Å². The molecule has 1 aromatic carbocycles. The van der Waals surface area contributed by atoms with E-state index in [1.54, 1.807) is 11.3 Å². The van der Waals surface area contributed by atoms with E-state index in [4.69, 9.17) is 4.42 Å². The van der Waals surface area contributed by atoms with Gasteiger partial charge in [-0.15, -0.1) is 0 Å². The summed E-state index contributed by atoms with van der Waals surface area (Å²) in [6.07, 6.45) is 2.73. The highest BCUT2D eigenvalue weighted by Crippen LogP contribution is 2.34. The van der Waals surface area contributed by atoms with Crippen LogP contribution in [0, 0.1) is 0 Å². The van der Waals surface area contributed by atoms with E-state index in [0.29, 0.717) is 12.8 Å². The van der Waals surface area contributed by atoms with Crippen LogP contribution in [0.1, 0.15) is 37.1 Å². The second-order valence-corrected chi connectivity index (χ2v) is 5.82. The zero-order valence-electron chi connectivity index (χ0n) is 13.7. The molecule has 0 saturated heterocycles. The number of amides is 1. The van der Waals surface area contributed by atoms with E-state index < -0.39 is 0 Å². The number of carbonyl (C=O) groups excluding carboxylic acids is 1. The molecular weight excluding hydrogens is 290 g/mol. The van der Waals surface area contributed by atoms with Crippen molar-refractivity contribution in [2.45, 2.75) is 25.8 Å². The Labute approximate surface area is 136 Å². The van der Waals surface area contributed by atoms with Crippen LogP contribution in [-0.4, -0.2) is 30.7 Å². The minimum atomic E-state index is -0.0706. The first-order valence-corrected chi connectivity index (χ1v) is 7.81. The van der Waals surface area contributed by atoms with Crippen LogP contribution in [0.25, 0.3) is 0 Å². The van der Waals surface area contributed by atoms with E-state index >= 15 is 0 Å². The molecule has 0 unspecified atom stereocenters. The smallest absolute Gasteiger partial charge is 0.242 e. The van der Waals surface area contributed by atoms with E-state index in [1.807, 2.05) is 33.2 Å². The molecule has 5 nitrogen and oxygen atoms in total. The summed E-state index contributed by atoms with van der Waals surface area (Å²) in [6.45, 7) is 1.86. The largest absolute Gasteiger partial charge is 0.463 e. The SMILES string of the molecule is CCC(=O)N1N=C(c2ccco2)C[C@@H]1c1ccc(N(C)C)cc1. The van der Waals surface area contributed by atoms with E-state index in [-0.39, 0.29) is 11.9 Å². The van der Waals surface area contributed by atoms with Crippen LogP contribution in [0.4, 0.5) is 5.69 Å². The second kappa shape index (κ2) is 6.28. The first-order valence-electron chi connectivity index (χ1n) is 7.81. The molecule has 0 saturated carbocycles. The zero-order chi connectivity index (χ0) is 16.4. The normalized spacial score (nSPS) is 17.3. The summed E-state index contributed by atoms with van der Waals surface area (Å²) in [6, 6.07) is 11.9. The lowest BCUT2D eigenvalue weighted by Crippen LogP contribution is -2.26. The lowest BCUT2D eigenvalue weighted by atomic mass is 10.0. The van der Waals surface area contributed by atoms with E-state index in [0.717, 1.165) is 22.7 Å². The van der Waals surface area contributed by atoms with Gasteiger partial charge in [0, 0.05) is 32.6 Å². The van der Waals surface area contributed by atoms with Crippen molar-refractivity contribution in [3.8, 4) is 0 Å². The monoisotopic (exact) mass is 311 g/mol. The summed E-state index contributed by atoms with van der Waals surface area (Å²) in [5.41, 5.74) is 3.04. The van der Waals surface area contributed by atoms with Gasteiger partial charge >= 0.3 is 0 Å². The Balaban J connectivity index is 1.90. The second-order valence-electron chi connectivity index (χ2n) is 5.82. The van der Waals surface area contributed by atoms with Crippen molar-refractivity contribution in [3.63, 3.8) is 0 Å². The fourth-order valence-corrected chi connectivity index (χ4v) is 2.75. The molecule has 0 N–H and O–H groups in total. The first kappa shape index (κ1) is 15.3. The molecule has 23 heavy (non-hydrogen) atoms. The number of carbonyl (C=O) groups is 1. The van der Waals surface area contributed by atoms with Crippen LogP contribution < -0.4 is 4.90 Å². The molecule has 1 aliphatic rings. The van der Waals surface area contributed by atoms with Crippen molar-refractivity contribution in [1.82, 2.24) is 5.01 Å². The van der Waals surface area contributed by atoms with Crippen molar-refractivity contribution in [2.24, 2.45) is 5.10 Å². The fraction of sp³-hybridized carbons (Fsp3) is 0.333. The van der Waals surface area contributed by atoms with Crippen LogP contribution in [0.2, 0.25) is 0 Å². The number of hydrazone groups is 1. The van der Waals surface area contributed by atoms with Gasteiger partial charge in [-0.1, -0.05) is 19.1 Å². The van der Waals surface area contributed by atoms with Gasteiger partial charge in [0.2, 0.25) is 5.91 Å². The van der Waals surface area contributed by atoms with Crippen molar-refractivity contribution in [2.75, 3.05) is 19.0 Å². The molecule has 2 heterocycles. The fourth-order valence-electron chi connectivity index (χ4n) is 2.75. The molecule has 0 spiro atoms. The summed E-state index contributed by atoms with van der Waals surface area (Å²) >= 11 is 0. The molecule has 3 rings (SSSR count). The third-order valence-electron chi connectivity index (χ3n) is 4.07. The number of benzene rings is 1. The van der Waals surface area contributed by atoms with Crippen LogP contribution in [0.3, 0.4) is 0 Å². The minimum Gasteiger partial charge on any atom is -0.463 e. The van der Waals surface area contributed by atoms with Gasteiger partial charge in [0.05, 0.1) is 12.3 Å². The summed E-state index contributed by atoms with van der Waals surface area (Å²) < 4.78 is 5.44. The average molecular weight is 311 g/mol. The van der Waals surface area contributed by atoms with Crippen molar-refractivity contribution in [3.05, 3.63) is 54.0 Å². The standard InChI is InChI=1S/C18H21N3O2/c1-4-18(22)21-16(12-15(19-21)17-6-5-11-23-17)13-7-9-14(10-8-13)20(2)3/h5-11,16H,4,12H2,1-3H3/t16-/m1/s1. The summed E-state index contributed by atoms with van der Waals surface area (Å²) in [7, 11) is 4.02. The Bertz CT molecular complexity index is 702. The maximum Gasteiger partial charge on any atom is 0.242 e. The number of hydrogen-bond donors (Lipinski definition) is 0. The van der Waals surface area contributed by atoms with Gasteiger partial charge in [-0.3, -0.25) is 4.79 Å². The number of furan rings is 1. The number of hydrogen-bond acceptors (Lipinski definition) is 4. The van der Waals surface area contributed by atoms with Crippen molar-refractivity contribution >= 4 is 17.3 Å². The van der Waals surface area contributed by atoms with Gasteiger partial charge in [-0.25, -0.2) is 5.01 Å². The summed E-state index contributed by atoms with van der Waals surface area (Å²) in [5.74, 6) is 0.750. The van der Waals surface area contributed by atoms with Crippen LogP contribution in [0.5, 0.6) is 0 Å². The highest BCUT2D eigenvalue weighted by atomic mass is 16.3. The first-order chi connectivity index (χ1) is 11.1. The average Bonchev–Trinajstić information content (AvgIpc) is 3.23. The van der Waals surface area contributed by atoms with E-state index in [9.17, 15) is 4.79 Å². The summed E-state index contributed by atoms with van der Waals surface area (Å²) in [4.78, 5) is 14.3. The number of nitrogens with zero attached hydrogens (tertiary/aromatic N) is 3. The predicted molar refractivity (Wildman–Crippen MR) is 90.5 cm³/mol. The lowest BCUT2D eigenvalue weighted by molar-refractivity contribution is -0.132. The molecule has 0 bridgehead atoms. The third-order valence-corrected chi connectivity index (χ3v) is 4.07. The van der Waals surface area contributed by atoms with Crippen LogP contribution in [0.15, 0.2) is 52.2 Å². The quantitative estimate of drug-likeness (QED) is 0.869. The lowest BCUT2D eigenvalue weighted by Gasteiger charge is -2.22. The Kier molecular flexibility index (Phi) is 4.19. The maximum atomic E-state index is 12.3. The van der Waals surface area contributed by atoms with Crippen molar-refractivity contribution < 1.29 is 9.21 Å². The molecule has 5 heteroatoms. The van der Waals surface area contributed by atoms with Gasteiger partial charge in [-0.2, -0.15) is 5.10 Å². The Morgan fingerprint density at radius 3 is 2.61 bits per heavy atom. The molecule has 0 radical (unpaired) electrons. The molecule has 1 aromatic heterocycles. The predicted octanol–water partition coefficient (Wildman–Crippen LogP) is 3.43. The highest BCUT2D eigenvalue weighted by Gasteiger charge is 2.33. The molecule has 1 amide bonds. The van der Waals surface area contributed by atoms with Crippen LogP contribution >= 0.6 is 0 Å². The molecular formula is C18H21N3O2. The molecule has 1 atom stereocenters. The van der Waals surface area contributed by atoms with Crippen molar-refractivity contribution in [1.29, 1.82) is 0 Å². The maximum absolute atomic E-state index is 12.3. The topological polar surface area (TPSA) is 49.1 Å². The van der Waals surface area contributed by atoms with Gasteiger partial charge in [0.25, 0.3) is 0 Å². The Hall–Kier alpha value is -2.56. The van der Waals surface area contributed by atoms with Gasteiger partial charge in [0.15, 0.2) is 0 Å². The number of anilines is 1. The minimum absolute atomic E-state index is 0.0215. The van der Waals surface area contributed by atoms with Gasteiger partial charge in [0.1, 0.15) is 11.5 Å². The molecule has 0 fully saturated rings. The number of rotatable bonds is 4. The third kappa shape index (κ3) is 2.99. The molecule has 120 valence electrons. The zero-order valence-corrected chi connectivity index (χ0v) is 13.7. The Morgan fingerprint density at radius 1 is 1.30 bits per heavy atom. The molecule has 0 aliphatic carbocycles. The Morgan fingerprint density at radius 2 is 2.04 bits per heavy atom. The van der Waals surface area contributed by atoms with Gasteiger partial charge in [-0.05, 0) is 29.8 Å². The van der Waals surface area contributed by atoms with E-state index in [1.165, 1.54) is 0 Å². The highest BCUT2D eigenvalue weighted by molar-refractivity contribution is 6.01. The summed E-state index contributed by atoms with van der Waals surface area (Å²) in [5, 5.41) is 6.11. The van der Waals surface area contributed by atoms with Gasteiger partial charge < -0.3 is 9.32 Å². The molecule has 2 aromatic rings. The molecule has 1 aliphatic heterocycles. The van der Waals surface area contributed by atoms with Crippen LogP contribution in [-0.2, 0) is 4.79 Å².